The van der Waals surface area contributed by atoms with E-state index in [-0.39, 0.29) is 6.61 Å². The summed E-state index contributed by atoms with van der Waals surface area (Å²) < 4.78 is 37.3. The van der Waals surface area contributed by atoms with Crippen LogP contribution in [0.25, 0.3) is 6.08 Å². The Morgan fingerprint density at radius 3 is 1.81 bits per heavy atom. The van der Waals surface area contributed by atoms with E-state index < -0.39 is 5.97 Å². The number of hydrogen-bond acceptors (Lipinski definition) is 8. The largest absolute Gasteiger partial charge is 0.496 e. The second-order valence-electron chi connectivity index (χ2n) is 6.58. The summed E-state index contributed by atoms with van der Waals surface area (Å²) in [6, 6.07) is 7.13. The van der Waals surface area contributed by atoms with Crippen LogP contribution in [0.3, 0.4) is 0 Å². The van der Waals surface area contributed by atoms with Crippen LogP contribution in [0.15, 0.2) is 30.3 Å². The Bertz CT molecular complexity index is 911. The van der Waals surface area contributed by atoms with E-state index in [2.05, 4.69) is 0 Å². The number of benzene rings is 2. The first kappa shape index (κ1) is 24.7. The molecule has 0 fully saturated rings. The summed E-state index contributed by atoms with van der Waals surface area (Å²) in [5, 5.41) is 0. The molecule has 0 aromatic heterocycles. The fourth-order valence-electron chi connectivity index (χ4n) is 3.13. The maximum atomic E-state index is 12.1. The maximum Gasteiger partial charge on any atom is 0.330 e. The third-order valence-corrected chi connectivity index (χ3v) is 4.72. The van der Waals surface area contributed by atoms with Crippen LogP contribution in [0.4, 0.5) is 0 Å². The molecule has 2 rings (SSSR count). The summed E-state index contributed by atoms with van der Waals surface area (Å²) in [5.74, 6) is 2.95. The van der Waals surface area contributed by atoms with E-state index in [1.165, 1.54) is 27.4 Å². The molecule has 0 saturated heterocycles. The van der Waals surface area contributed by atoms with Gasteiger partial charge in [-0.2, -0.15) is 0 Å². The molecular weight excluding hydrogens is 416 g/mol. The lowest BCUT2D eigenvalue weighted by atomic mass is 10.1. The SMILES string of the molecule is COc1cc(OC)c(OC)cc1CCCOC(=O)/C=C/c1cc(OC)c(OC)c(OC)c1. The Hall–Kier alpha value is -3.55. The molecule has 0 unspecified atom stereocenters. The van der Waals surface area contributed by atoms with Crippen LogP contribution >= 0.6 is 0 Å². The molecule has 0 amide bonds. The minimum atomic E-state index is -0.446. The maximum absolute atomic E-state index is 12.1. The van der Waals surface area contributed by atoms with Gasteiger partial charge in [0, 0.05) is 12.1 Å². The minimum absolute atomic E-state index is 0.260. The number of hydrogen-bond donors (Lipinski definition) is 0. The van der Waals surface area contributed by atoms with Gasteiger partial charge < -0.3 is 33.2 Å². The summed E-state index contributed by atoms with van der Waals surface area (Å²) >= 11 is 0. The van der Waals surface area contributed by atoms with Crippen molar-refractivity contribution < 1.29 is 38.0 Å². The molecular formula is C24H30O8. The van der Waals surface area contributed by atoms with Crippen molar-refractivity contribution in [2.24, 2.45) is 0 Å². The van der Waals surface area contributed by atoms with Gasteiger partial charge >= 0.3 is 5.97 Å². The van der Waals surface area contributed by atoms with Gasteiger partial charge in [-0.3, -0.25) is 0 Å². The van der Waals surface area contributed by atoms with Gasteiger partial charge in [0.2, 0.25) is 5.75 Å². The summed E-state index contributed by atoms with van der Waals surface area (Å²) in [4.78, 5) is 12.1. The number of esters is 1. The number of aryl methyl sites for hydroxylation is 1. The van der Waals surface area contributed by atoms with Crippen LogP contribution in [-0.2, 0) is 16.0 Å². The Morgan fingerprint density at radius 1 is 0.719 bits per heavy atom. The average molecular weight is 446 g/mol. The minimum Gasteiger partial charge on any atom is -0.496 e. The lowest BCUT2D eigenvalue weighted by molar-refractivity contribution is -0.137. The monoisotopic (exact) mass is 446 g/mol. The van der Waals surface area contributed by atoms with Crippen molar-refractivity contribution in [3.05, 3.63) is 41.5 Å². The quantitative estimate of drug-likeness (QED) is 0.276. The lowest BCUT2D eigenvalue weighted by Gasteiger charge is -2.14. The van der Waals surface area contributed by atoms with Crippen molar-refractivity contribution in [3.63, 3.8) is 0 Å². The summed E-state index contributed by atoms with van der Waals surface area (Å²) in [5.41, 5.74) is 1.65. The van der Waals surface area contributed by atoms with Crippen LogP contribution in [0.5, 0.6) is 34.5 Å². The highest BCUT2D eigenvalue weighted by Gasteiger charge is 2.13. The van der Waals surface area contributed by atoms with Crippen LogP contribution in [-0.4, -0.2) is 55.2 Å². The molecule has 174 valence electrons. The first-order valence-corrected chi connectivity index (χ1v) is 9.94. The van der Waals surface area contributed by atoms with E-state index in [0.717, 1.165) is 5.56 Å². The number of rotatable bonds is 12. The van der Waals surface area contributed by atoms with Crippen molar-refractivity contribution in [3.8, 4) is 34.5 Å². The second-order valence-corrected chi connectivity index (χ2v) is 6.58. The molecule has 2 aromatic rings. The van der Waals surface area contributed by atoms with Crippen LogP contribution in [0.1, 0.15) is 17.5 Å². The highest BCUT2D eigenvalue weighted by atomic mass is 16.5. The van der Waals surface area contributed by atoms with Gasteiger partial charge in [-0.15, -0.1) is 0 Å². The second kappa shape index (κ2) is 12.3. The summed E-state index contributed by atoms with van der Waals surface area (Å²) in [7, 11) is 9.35. The van der Waals surface area contributed by atoms with E-state index in [0.29, 0.717) is 52.9 Å². The summed E-state index contributed by atoms with van der Waals surface area (Å²) in [6.07, 6.45) is 4.25. The van der Waals surface area contributed by atoms with E-state index >= 15 is 0 Å². The molecule has 0 aliphatic carbocycles. The molecule has 0 N–H and O–H groups in total. The molecule has 8 heteroatoms. The molecule has 0 bridgehead atoms. The Morgan fingerprint density at radius 2 is 1.28 bits per heavy atom. The third-order valence-electron chi connectivity index (χ3n) is 4.72. The molecule has 8 nitrogen and oxygen atoms in total. The molecule has 0 aliphatic heterocycles. The number of ether oxygens (including phenoxy) is 7. The number of carbonyl (C=O) groups excluding carboxylic acids is 1. The Balaban J connectivity index is 1.95. The first-order valence-electron chi connectivity index (χ1n) is 9.94. The van der Waals surface area contributed by atoms with Gasteiger partial charge in [0.25, 0.3) is 0 Å². The van der Waals surface area contributed by atoms with Gasteiger partial charge in [-0.25, -0.2) is 4.79 Å². The topological polar surface area (TPSA) is 81.7 Å². The van der Waals surface area contributed by atoms with E-state index in [4.69, 9.17) is 33.2 Å². The average Bonchev–Trinajstić information content (AvgIpc) is 2.83. The molecule has 0 spiro atoms. The van der Waals surface area contributed by atoms with Crippen molar-refractivity contribution in [2.75, 3.05) is 49.3 Å². The van der Waals surface area contributed by atoms with Crippen LogP contribution in [0, 0.1) is 0 Å². The normalized spacial score (nSPS) is 10.6. The van der Waals surface area contributed by atoms with Crippen LogP contribution < -0.4 is 28.4 Å². The van der Waals surface area contributed by atoms with Crippen molar-refractivity contribution in [2.45, 2.75) is 12.8 Å². The molecule has 0 saturated carbocycles. The molecule has 32 heavy (non-hydrogen) atoms. The fraction of sp³-hybridized carbons (Fsp3) is 0.375. The van der Waals surface area contributed by atoms with Gasteiger partial charge in [0.1, 0.15) is 5.75 Å². The van der Waals surface area contributed by atoms with Gasteiger partial charge in [-0.05, 0) is 48.2 Å². The molecule has 0 atom stereocenters. The van der Waals surface area contributed by atoms with Gasteiger partial charge in [0.05, 0.1) is 49.3 Å². The van der Waals surface area contributed by atoms with E-state index in [9.17, 15) is 4.79 Å². The Labute approximate surface area is 188 Å². The van der Waals surface area contributed by atoms with Crippen molar-refractivity contribution in [1.29, 1.82) is 0 Å². The predicted molar refractivity (Wildman–Crippen MR) is 121 cm³/mol. The predicted octanol–water partition coefficient (Wildman–Crippen LogP) is 3.93. The molecule has 0 heterocycles. The molecule has 0 radical (unpaired) electrons. The highest BCUT2D eigenvalue weighted by molar-refractivity contribution is 5.87. The third kappa shape index (κ3) is 6.23. The first-order chi connectivity index (χ1) is 15.5. The zero-order valence-electron chi connectivity index (χ0n) is 19.4. The summed E-state index contributed by atoms with van der Waals surface area (Å²) in [6.45, 7) is 0.260. The lowest BCUT2D eigenvalue weighted by Crippen LogP contribution is -2.04. The van der Waals surface area contributed by atoms with Crippen molar-refractivity contribution in [1.82, 2.24) is 0 Å². The fourth-order valence-corrected chi connectivity index (χ4v) is 3.13. The number of methoxy groups -OCH3 is 6. The van der Waals surface area contributed by atoms with Gasteiger partial charge in [-0.1, -0.05) is 0 Å². The molecule has 0 aliphatic rings. The van der Waals surface area contributed by atoms with E-state index in [1.807, 2.05) is 6.07 Å². The van der Waals surface area contributed by atoms with Crippen LogP contribution in [0.2, 0.25) is 0 Å². The molecule has 2 aromatic carbocycles. The van der Waals surface area contributed by atoms with Crippen molar-refractivity contribution >= 4 is 12.0 Å². The standard InChI is InChI=1S/C24H30O8/c1-26-18-15-20(28-3)19(27-2)14-17(18)8-7-11-32-23(25)10-9-16-12-21(29-4)24(31-6)22(13-16)30-5/h9-10,12-15H,7-8,11H2,1-6H3/b10-9+. The smallest absolute Gasteiger partial charge is 0.330 e. The zero-order chi connectivity index (χ0) is 23.5. The Kier molecular flexibility index (Phi) is 9.53. The van der Waals surface area contributed by atoms with E-state index in [1.54, 1.807) is 45.6 Å². The number of carbonyl (C=O) groups is 1. The highest BCUT2D eigenvalue weighted by Crippen LogP contribution is 2.38. The van der Waals surface area contributed by atoms with Gasteiger partial charge in [0.15, 0.2) is 23.0 Å². The zero-order valence-corrected chi connectivity index (χ0v) is 19.4.